The van der Waals surface area contributed by atoms with Crippen LogP contribution in [0, 0.1) is 0 Å². The Balaban J connectivity index is 1.94. The molecule has 1 atom stereocenters. The van der Waals surface area contributed by atoms with Crippen LogP contribution in [-0.2, 0) is 10.8 Å². The highest BCUT2D eigenvalue weighted by Gasteiger charge is 2.20. The average molecular weight is 423 g/mol. The maximum Gasteiger partial charge on any atom is 0.127 e. The quantitative estimate of drug-likeness (QED) is 0.451. The SMILES string of the molecule is CCCC[S@](=O)c1sc2nc(-c3ccc(N)nc3)cc(-c3ccccc3)c2c1N. The highest BCUT2D eigenvalue weighted by molar-refractivity contribution is 7.87. The van der Waals surface area contributed by atoms with Gasteiger partial charge in [0.1, 0.15) is 14.9 Å². The first-order valence-corrected chi connectivity index (χ1v) is 11.6. The number of unbranched alkanes of at least 4 members (excludes halogenated alkanes) is 1. The second-order valence-electron chi connectivity index (χ2n) is 6.78. The Morgan fingerprint density at radius 1 is 1.07 bits per heavy atom. The van der Waals surface area contributed by atoms with Gasteiger partial charge in [-0.15, -0.1) is 11.3 Å². The zero-order chi connectivity index (χ0) is 20.4. The minimum atomic E-state index is -1.12. The van der Waals surface area contributed by atoms with Crippen LogP contribution >= 0.6 is 11.3 Å². The summed E-state index contributed by atoms with van der Waals surface area (Å²) in [6, 6.07) is 15.8. The van der Waals surface area contributed by atoms with E-state index in [2.05, 4.69) is 11.9 Å². The average Bonchev–Trinajstić information content (AvgIpc) is 3.09. The third-order valence-corrected chi connectivity index (χ3v) is 7.72. The zero-order valence-corrected chi connectivity index (χ0v) is 17.7. The van der Waals surface area contributed by atoms with Crippen molar-refractivity contribution in [3.05, 3.63) is 54.7 Å². The number of hydrogen-bond acceptors (Lipinski definition) is 6. The molecule has 3 heterocycles. The van der Waals surface area contributed by atoms with Gasteiger partial charge < -0.3 is 11.5 Å². The van der Waals surface area contributed by atoms with Gasteiger partial charge in [0.05, 0.1) is 22.2 Å². The van der Waals surface area contributed by atoms with Crippen molar-refractivity contribution < 1.29 is 4.21 Å². The van der Waals surface area contributed by atoms with Crippen molar-refractivity contribution in [1.29, 1.82) is 0 Å². The molecule has 0 unspecified atom stereocenters. The molecule has 0 aliphatic carbocycles. The van der Waals surface area contributed by atoms with E-state index in [0.29, 0.717) is 21.5 Å². The first-order valence-electron chi connectivity index (χ1n) is 9.47. The number of nitrogens with two attached hydrogens (primary N) is 2. The lowest BCUT2D eigenvalue weighted by atomic mass is 10.0. The Hall–Kier alpha value is -2.77. The molecule has 4 N–H and O–H groups in total. The van der Waals surface area contributed by atoms with Crippen molar-refractivity contribution in [3.63, 3.8) is 0 Å². The fourth-order valence-corrected chi connectivity index (χ4v) is 5.98. The summed E-state index contributed by atoms with van der Waals surface area (Å²) < 4.78 is 13.5. The molecule has 0 aliphatic rings. The normalized spacial score (nSPS) is 12.3. The predicted octanol–water partition coefficient (Wildman–Crippen LogP) is 5.10. The van der Waals surface area contributed by atoms with Gasteiger partial charge in [0, 0.05) is 22.9 Å². The molecule has 0 saturated heterocycles. The van der Waals surface area contributed by atoms with E-state index in [0.717, 1.165) is 45.4 Å². The molecule has 4 rings (SSSR count). The van der Waals surface area contributed by atoms with E-state index in [-0.39, 0.29) is 0 Å². The van der Waals surface area contributed by atoms with Crippen molar-refractivity contribution >= 4 is 43.9 Å². The molecule has 148 valence electrons. The number of pyridine rings is 2. The molecular formula is C22H22N4OS2. The Morgan fingerprint density at radius 3 is 2.55 bits per heavy atom. The molecule has 0 spiro atoms. The van der Waals surface area contributed by atoms with Crippen molar-refractivity contribution in [1.82, 2.24) is 9.97 Å². The molecule has 4 aromatic rings. The Labute approximate surface area is 176 Å². The number of aromatic nitrogens is 2. The van der Waals surface area contributed by atoms with Crippen molar-refractivity contribution in [3.8, 4) is 22.4 Å². The molecule has 0 amide bonds. The smallest absolute Gasteiger partial charge is 0.127 e. The van der Waals surface area contributed by atoms with E-state index < -0.39 is 10.8 Å². The topological polar surface area (TPSA) is 94.9 Å². The van der Waals surface area contributed by atoms with Gasteiger partial charge in [-0.2, -0.15) is 0 Å². The number of fused-ring (bicyclic) bond motifs is 1. The third-order valence-electron chi connectivity index (χ3n) is 4.72. The Kier molecular flexibility index (Phi) is 5.60. The van der Waals surface area contributed by atoms with Gasteiger partial charge in [-0.1, -0.05) is 43.7 Å². The molecule has 0 aliphatic heterocycles. The molecule has 0 saturated carbocycles. The molecule has 0 bridgehead atoms. The van der Waals surface area contributed by atoms with Gasteiger partial charge >= 0.3 is 0 Å². The van der Waals surface area contributed by atoms with Gasteiger partial charge in [0.15, 0.2) is 0 Å². The van der Waals surface area contributed by atoms with Crippen LogP contribution in [0.5, 0.6) is 0 Å². The molecule has 3 aromatic heterocycles. The maximum atomic E-state index is 12.8. The summed E-state index contributed by atoms with van der Waals surface area (Å²) in [6.07, 6.45) is 3.62. The van der Waals surface area contributed by atoms with E-state index in [4.69, 9.17) is 16.5 Å². The van der Waals surface area contributed by atoms with Crippen LogP contribution in [0.4, 0.5) is 11.5 Å². The summed E-state index contributed by atoms with van der Waals surface area (Å²) in [5, 5.41) is 0.869. The van der Waals surface area contributed by atoms with Gasteiger partial charge in [-0.05, 0) is 35.7 Å². The maximum absolute atomic E-state index is 12.8. The standard InChI is InChI=1S/C22H22N4OS2/c1-2-3-11-29(27)22-20(24)19-16(14-7-5-4-6-8-14)12-17(26-21(19)28-22)15-9-10-18(23)25-13-15/h4-10,12-13H,2-3,11,24H2,1H3,(H2,23,25)/t29-/m0/s1. The summed E-state index contributed by atoms with van der Waals surface area (Å²) in [5.41, 5.74) is 16.5. The van der Waals surface area contributed by atoms with Crippen LogP contribution in [0.1, 0.15) is 19.8 Å². The summed E-state index contributed by atoms with van der Waals surface area (Å²) in [7, 11) is -1.12. The Bertz CT molecular complexity index is 1170. The van der Waals surface area contributed by atoms with Crippen molar-refractivity contribution in [2.45, 2.75) is 24.0 Å². The zero-order valence-electron chi connectivity index (χ0n) is 16.1. The van der Waals surface area contributed by atoms with Crippen LogP contribution in [-0.4, -0.2) is 19.9 Å². The number of hydrogen-bond donors (Lipinski definition) is 2. The fourth-order valence-electron chi connectivity index (χ4n) is 3.19. The van der Waals surface area contributed by atoms with E-state index in [1.807, 2.05) is 42.5 Å². The number of anilines is 2. The lowest BCUT2D eigenvalue weighted by Gasteiger charge is -2.09. The Morgan fingerprint density at radius 2 is 1.86 bits per heavy atom. The van der Waals surface area contributed by atoms with Crippen LogP contribution in [0.3, 0.4) is 0 Å². The van der Waals surface area contributed by atoms with Gasteiger partial charge in [0.2, 0.25) is 0 Å². The summed E-state index contributed by atoms with van der Waals surface area (Å²) >= 11 is 1.42. The van der Waals surface area contributed by atoms with Gasteiger partial charge in [-0.25, -0.2) is 9.97 Å². The molecule has 0 radical (unpaired) electrons. The molecular weight excluding hydrogens is 400 g/mol. The van der Waals surface area contributed by atoms with E-state index in [1.54, 1.807) is 12.3 Å². The van der Waals surface area contributed by atoms with E-state index >= 15 is 0 Å². The summed E-state index contributed by atoms with van der Waals surface area (Å²) in [6.45, 7) is 2.09. The summed E-state index contributed by atoms with van der Waals surface area (Å²) in [5.74, 6) is 1.08. The van der Waals surface area contributed by atoms with Crippen molar-refractivity contribution in [2.75, 3.05) is 17.2 Å². The number of rotatable bonds is 6. The van der Waals surface area contributed by atoms with E-state index in [1.165, 1.54) is 11.3 Å². The van der Waals surface area contributed by atoms with Gasteiger partial charge in [0.25, 0.3) is 0 Å². The monoisotopic (exact) mass is 422 g/mol. The molecule has 0 fully saturated rings. The minimum absolute atomic E-state index is 0.465. The largest absolute Gasteiger partial charge is 0.396 e. The van der Waals surface area contributed by atoms with Crippen LogP contribution in [0.25, 0.3) is 32.6 Å². The molecule has 7 heteroatoms. The molecule has 1 aromatic carbocycles. The minimum Gasteiger partial charge on any atom is -0.396 e. The molecule has 5 nitrogen and oxygen atoms in total. The molecule has 29 heavy (non-hydrogen) atoms. The second kappa shape index (κ2) is 8.31. The lowest BCUT2D eigenvalue weighted by Crippen LogP contribution is -1.99. The van der Waals surface area contributed by atoms with Crippen LogP contribution < -0.4 is 11.5 Å². The lowest BCUT2D eigenvalue weighted by molar-refractivity contribution is 0.681. The first kappa shape index (κ1) is 19.5. The number of nitrogen functional groups attached to an aromatic ring is 2. The number of benzene rings is 1. The third kappa shape index (κ3) is 3.88. The highest BCUT2D eigenvalue weighted by Crippen LogP contribution is 2.42. The predicted molar refractivity (Wildman–Crippen MR) is 123 cm³/mol. The van der Waals surface area contributed by atoms with E-state index in [9.17, 15) is 4.21 Å². The van der Waals surface area contributed by atoms with Gasteiger partial charge in [-0.3, -0.25) is 4.21 Å². The fraction of sp³-hybridized carbons (Fsp3) is 0.182. The number of nitrogens with zero attached hydrogens (tertiary/aromatic N) is 2. The van der Waals surface area contributed by atoms with Crippen LogP contribution in [0.2, 0.25) is 0 Å². The van der Waals surface area contributed by atoms with Crippen molar-refractivity contribution in [2.24, 2.45) is 0 Å². The summed E-state index contributed by atoms with van der Waals surface area (Å²) in [4.78, 5) is 9.81. The number of thiophene rings is 1. The van der Waals surface area contributed by atoms with Crippen LogP contribution in [0.15, 0.2) is 58.9 Å². The second-order valence-corrected chi connectivity index (χ2v) is 9.54. The highest BCUT2D eigenvalue weighted by atomic mass is 32.2. The first-order chi connectivity index (χ1) is 14.1.